The number of rotatable bonds is 7. The summed E-state index contributed by atoms with van der Waals surface area (Å²) in [4.78, 5) is 12.4. The molecule has 0 saturated heterocycles. The zero-order chi connectivity index (χ0) is 20.9. The van der Waals surface area contributed by atoms with Gasteiger partial charge in [0, 0.05) is 17.8 Å². The first kappa shape index (κ1) is 20.3. The molecule has 30 heavy (non-hydrogen) atoms. The average Bonchev–Trinajstić information content (AvgIpc) is 3.25. The van der Waals surface area contributed by atoms with Gasteiger partial charge in [0.1, 0.15) is 19.5 Å². The Balaban J connectivity index is 1.35. The van der Waals surface area contributed by atoms with Gasteiger partial charge in [0.25, 0.3) is 0 Å². The number of nitrogens with one attached hydrogen (secondary N) is 1. The number of hydrogen-bond acceptors (Lipinski definition) is 6. The molecule has 2 heterocycles. The summed E-state index contributed by atoms with van der Waals surface area (Å²) in [5.74, 6) is 2.07. The van der Waals surface area contributed by atoms with Crippen molar-refractivity contribution in [1.29, 1.82) is 0 Å². The lowest BCUT2D eigenvalue weighted by molar-refractivity contribution is -0.118. The van der Waals surface area contributed by atoms with Crippen molar-refractivity contribution in [3.8, 4) is 17.2 Å². The highest BCUT2D eigenvalue weighted by atomic mass is 32.2. The number of amides is 1. The molecule has 0 atom stereocenters. The Morgan fingerprint density at radius 2 is 1.97 bits per heavy atom. The molecule has 7 nitrogen and oxygen atoms in total. The van der Waals surface area contributed by atoms with Crippen molar-refractivity contribution in [3.05, 3.63) is 59.9 Å². The van der Waals surface area contributed by atoms with Crippen molar-refractivity contribution < 1.29 is 14.3 Å². The molecule has 2 aromatic carbocycles. The molecular weight excluding hydrogens is 400 g/mol. The van der Waals surface area contributed by atoms with E-state index in [1.165, 1.54) is 17.3 Å². The Morgan fingerprint density at radius 3 is 2.77 bits per heavy atom. The number of para-hydroxylation sites is 1. The van der Waals surface area contributed by atoms with E-state index in [1.54, 1.807) is 6.33 Å². The van der Waals surface area contributed by atoms with E-state index >= 15 is 0 Å². The maximum atomic E-state index is 12.4. The largest absolute Gasteiger partial charge is 0.486 e. The molecule has 1 aliphatic heterocycles. The minimum absolute atomic E-state index is 0.0842. The van der Waals surface area contributed by atoms with Crippen LogP contribution in [0.4, 0.5) is 0 Å². The summed E-state index contributed by atoms with van der Waals surface area (Å²) in [6, 6.07) is 14.0. The smallest absolute Gasteiger partial charge is 0.230 e. The topological polar surface area (TPSA) is 78.3 Å². The molecule has 0 bridgehead atoms. The van der Waals surface area contributed by atoms with Crippen LogP contribution in [-0.4, -0.2) is 39.6 Å². The van der Waals surface area contributed by atoms with Gasteiger partial charge in [0.15, 0.2) is 16.7 Å². The number of nitrogens with zero attached hydrogens (tertiary/aromatic N) is 3. The van der Waals surface area contributed by atoms with Gasteiger partial charge in [-0.3, -0.25) is 9.36 Å². The van der Waals surface area contributed by atoms with Crippen molar-refractivity contribution in [2.24, 2.45) is 0 Å². The number of fused-ring (bicyclic) bond motifs is 1. The van der Waals surface area contributed by atoms with E-state index in [0.29, 0.717) is 36.6 Å². The third-order valence-corrected chi connectivity index (χ3v) is 5.75. The number of hydrogen-bond donors (Lipinski definition) is 1. The first-order valence-electron chi connectivity index (χ1n) is 9.89. The number of carbonyl (C=O) groups excluding carboxylic acids is 1. The molecule has 0 fully saturated rings. The molecule has 1 amide bonds. The minimum Gasteiger partial charge on any atom is -0.486 e. The van der Waals surface area contributed by atoms with Crippen molar-refractivity contribution in [1.82, 2.24) is 20.1 Å². The molecular formula is C22H24N4O3S. The third-order valence-electron chi connectivity index (χ3n) is 4.81. The number of benzene rings is 2. The van der Waals surface area contributed by atoms with Crippen molar-refractivity contribution in [2.75, 3.05) is 19.0 Å². The highest BCUT2D eigenvalue weighted by Crippen LogP contribution is 2.33. The van der Waals surface area contributed by atoms with Gasteiger partial charge in [-0.2, -0.15) is 0 Å². The van der Waals surface area contributed by atoms with Crippen molar-refractivity contribution >= 4 is 17.7 Å². The van der Waals surface area contributed by atoms with E-state index in [0.717, 1.165) is 17.0 Å². The number of thioether (sulfide) groups is 1. The Kier molecular flexibility index (Phi) is 6.23. The van der Waals surface area contributed by atoms with Crippen LogP contribution in [0.15, 0.2) is 53.9 Å². The van der Waals surface area contributed by atoms with E-state index in [1.807, 2.05) is 34.9 Å². The van der Waals surface area contributed by atoms with Gasteiger partial charge < -0.3 is 14.8 Å². The normalized spacial score (nSPS) is 12.8. The maximum Gasteiger partial charge on any atom is 0.230 e. The van der Waals surface area contributed by atoms with Crippen molar-refractivity contribution in [3.63, 3.8) is 0 Å². The van der Waals surface area contributed by atoms with Gasteiger partial charge in [-0.05, 0) is 29.7 Å². The fraction of sp³-hybridized carbons (Fsp3) is 0.318. The number of ether oxygens (including phenoxy) is 2. The fourth-order valence-corrected chi connectivity index (χ4v) is 3.93. The Bertz CT molecular complexity index is 1020. The molecule has 3 aromatic rings. The molecule has 1 N–H and O–H groups in total. The second-order valence-electron chi connectivity index (χ2n) is 7.24. The molecule has 0 radical (unpaired) electrons. The van der Waals surface area contributed by atoms with E-state index in [2.05, 4.69) is 41.5 Å². The molecule has 1 aromatic heterocycles. The summed E-state index contributed by atoms with van der Waals surface area (Å²) in [5, 5.41) is 11.8. The van der Waals surface area contributed by atoms with Crippen LogP contribution >= 0.6 is 11.8 Å². The zero-order valence-corrected chi connectivity index (χ0v) is 17.8. The lowest BCUT2D eigenvalue weighted by atomic mass is 10.0. The van der Waals surface area contributed by atoms with Crippen molar-refractivity contribution in [2.45, 2.75) is 31.5 Å². The second-order valence-corrected chi connectivity index (χ2v) is 8.18. The summed E-state index contributed by atoms with van der Waals surface area (Å²) < 4.78 is 13.2. The van der Waals surface area contributed by atoms with Gasteiger partial charge >= 0.3 is 0 Å². The molecule has 4 rings (SSSR count). The van der Waals surface area contributed by atoms with Crippen LogP contribution in [0.2, 0.25) is 0 Å². The van der Waals surface area contributed by atoms with Gasteiger partial charge in [-0.1, -0.05) is 49.9 Å². The summed E-state index contributed by atoms with van der Waals surface area (Å²) in [6.45, 7) is 5.77. The standard InChI is InChI=1S/C22H24N4O3S/c1-15(2)16-6-8-18(9-7-16)26-14-24-25-22(26)30-13-20(27)23-12-17-4-3-5-19-21(17)29-11-10-28-19/h3-9,14-15H,10-13H2,1-2H3,(H,23,27). The summed E-state index contributed by atoms with van der Waals surface area (Å²) in [7, 11) is 0. The van der Waals surface area contributed by atoms with Gasteiger partial charge in [0.05, 0.1) is 5.75 Å². The van der Waals surface area contributed by atoms with Crippen LogP contribution in [0.5, 0.6) is 11.5 Å². The number of aromatic nitrogens is 3. The Labute approximate surface area is 179 Å². The van der Waals surface area contributed by atoms with Crippen LogP contribution in [0.25, 0.3) is 5.69 Å². The summed E-state index contributed by atoms with van der Waals surface area (Å²) in [5.41, 5.74) is 3.15. The van der Waals surface area contributed by atoms with Crippen LogP contribution in [0.1, 0.15) is 30.9 Å². The zero-order valence-electron chi connectivity index (χ0n) is 17.0. The molecule has 8 heteroatoms. The van der Waals surface area contributed by atoms with E-state index < -0.39 is 0 Å². The van der Waals surface area contributed by atoms with Gasteiger partial charge in [0.2, 0.25) is 5.91 Å². The molecule has 0 unspecified atom stereocenters. The van der Waals surface area contributed by atoms with Gasteiger partial charge in [-0.15, -0.1) is 10.2 Å². The predicted molar refractivity (Wildman–Crippen MR) is 115 cm³/mol. The van der Waals surface area contributed by atoms with Gasteiger partial charge in [-0.25, -0.2) is 0 Å². The second kappa shape index (κ2) is 9.21. The Morgan fingerprint density at radius 1 is 1.17 bits per heavy atom. The molecule has 0 spiro atoms. The highest BCUT2D eigenvalue weighted by molar-refractivity contribution is 7.99. The maximum absolute atomic E-state index is 12.4. The molecule has 1 aliphatic rings. The van der Waals surface area contributed by atoms with Crippen LogP contribution in [-0.2, 0) is 11.3 Å². The summed E-state index contributed by atoms with van der Waals surface area (Å²) in [6.07, 6.45) is 1.66. The van der Waals surface area contributed by atoms with Crippen LogP contribution in [0, 0.1) is 0 Å². The van der Waals surface area contributed by atoms with E-state index in [-0.39, 0.29) is 11.7 Å². The van der Waals surface area contributed by atoms with Crippen LogP contribution < -0.4 is 14.8 Å². The predicted octanol–water partition coefficient (Wildman–Crippen LogP) is 3.57. The quantitative estimate of drug-likeness (QED) is 0.584. The lowest BCUT2D eigenvalue weighted by Crippen LogP contribution is -2.26. The lowest BCUT2D eigenvalue weighted by Gasteiger charge is -2.21. The molecule has 0 saturated carbocycles. The molecule has 0 aliphatic carbocycles. The minimum atomic E-state index is -0.0842. The van der Waals surface area contributed by atoms with E-state index in [4.69, 9.17) is 9.47 Å². The molecule has 156 valence electrons. The first-order valence-corrected chi connectivity index (χ1v) is 10.9. The third kappa shape index (κ3) is 4.59. The fourth-order valence-electron chi connectivity index (χ4n) is 3.17. The first-order chi connectivity index (χ1) is 14.6. The number of carbonyl (C=O) groups is 1. The summed E-state index contributed by atoms with van der Waals surface area (Å²) >= 11 is 1.35. The van der Waals surface area contributed by atoms with Crippen LogP contribution in [0.3, 0.4) is 0 Å². The SMILES string of the molecule is CC(C)c1ccc(-n2cnnc2SCC(=O)NCc2cccc3c2OCCO3)cc1. The van der Waals surface area contributed by atoms with E-state index in [9.17, 15) is 4.79 Å². The highest BCUT2D eigenvalue weighted by Gasteiger charge is 2.16. The monoisotopic (exact) mass is 424 g/mol. The average molecular weight is 425 g/mol. The Hall–Kier alpha value is -3.00.